The van der Waals surface area contributed by atoms with Gasteiger partial charge in [0.15, 0.2) is 5.82 Å². The topological polar surface area (TPSA) is 85.6 Å². The van der Waals surface area contributed by atoms with Crippen LogP contribution in [-0.4, -0.2) is 31.1 Å². The minimum Gasteiger partial charge on any atom is -0.321 e. The van der Waals surface area contributed by atoms with Crippen LogP contribution in [0.5, 0.6) is 0 Å². The molecule has 1 N–H and O–H groups in total. The molecule has 0 aliphatic heterocycles. The molecule has 0 aliphatic carbocycles. The maximum Gasteiger partial charge on any atom is 0.267 e. The second-order valence-corrected chi connectivity index (χ2v) is 7.97. The van der Waals surface area contributed by atoms with E-state index in [-0.39, 0.29) is 5.91 Å². The fourth-order valence-electron chi connectivity index (χ4n) is 2.88. The van der Waals surface area contributed by atoms with Gasteiger partial charge in [-0.3, -0.25) is 4.79 Å². The van der Waals surface area contributed by atoms with Crippen LogP contribution in [0, 0.1) is 20.8 Å². The van der Waals surface area contributed by atoms with E-state index in [0.29, 0.717) is 27.1 Å². The van der Waals surface area contributed by atoms with E-state index < -0.39 is 0 Å². The average molecular weight is 425 g/mol. The molecule has 7 nitrogen and oxygen atoms in total. The minimum absolute atomic E-state index is 0.205. The Morgan fingerprint density at radius 3 is 2.55 bits per heavy atom. The molecule has 2 aromatic heterocycles. The number of carbonyl (C=O) groups excluding carboxylic acids is 1. The molecule has 0 radical (unpaired) electrons. The number of halogens is 1. The molecular formula is C20H17ClN6OS. The number of tetrazole rings is 1. The summed E-state index contributed by atoms with van der Waals surface area (Å²) in [6.45, 7) is 5.62. The Morgan fingerprint density at radius 2 is 1.86 bits per heavy atom. The zero-order chi connectivity index (χ0) is 20.5. The lowest BCUT2D eigenvalue weighted by Gasteiger charge is -2.10. The number of nitrogens with one attached hydrogen (secondary N) is 1. The number of aromatic nitrogens is 5. The molecule has 29 heavy (non-hydrogen) atoms. The van der Waals surface area contributed by atoms with Gasteiger partial charge in [-0.2, -0.15) is 4.68 Å². The van der Waals surface area contributed by atoms with E-state index in [1.54, 1.807) is 4.68 Å². The van der Waals surface area contributed by atoms with Gasteiger partial charge in [-0.05, 0) is 61.0 Å². The summed E-state index contributed by atoms with van der Waals surface area (Å²) in [5, 5.41) is 16.0. The summed E-state index contributed by atoms with van der Waals surface area (Å²) >= 11 is 7.30. The summed E-state index contributed by atoms with van der Waals surface area (Å²) in [7, 11) is 0. The van der Waals surface area contributed by atoms with Crippen molar-refractivity contribution in [3.63, 3.8) is 0 Å². The first-order valence-electron chi connectivity index (χ1n) is 8.83. The van der Waals surface area contributed by atoms with Crippen molar-refractivity contribution in [2.45, 2.75) is 20.8 Å². The molecule has 0 atom stereocenters. The third-order valence-corrected chi connectivity index (χ3v) is 5.87. The lowest BCUT2D eigenvalue weighted by atomic mass is 10.1. The number of hydrogen-bond acceptors (Lipinski definition) is 6. The molecule has 9 heteroatoms. The van der Waals surface area contributed by atoms with Crippen LogP contribution in [0.15, 0.2) is 42.5 Å². The SMILES string of the molecule is Cc1ccc(NC(=O)c2sc(-c3ccc(Cl)cc3)nc2C)cc1-n1nnnc1C. The molecule has 2 aromatic carbocycles. The first-order chi connectivity index (χ1) is 13.9. The highest BCUT2D eigenvalue weighted by atomic mass is 35.5. The average Bonchev–Trinajstić information content (AvgIpc) is 3.29. The first kappa shape index (κ1) is 19.2. The molecule has 0 unspecified atom stereocenters. The maximum absolute atomic E-state index is 12.9. The van der Waals surface area contributed by atoms with Crippen LogP contribution >= 0.6 is 22.9 Å². The van der Waals surface area contributed by atoms with E-state index in [2.05, 4.69) is 25.8 Å². The van der Waals surface area contributed by atoms with Crippen molar-refractivity contribution < 1.29 is 4.79 Å². The van der Waals surface area contributed by atoms with Crippen LogP contribution in [-0.2, 0) is 0 Å². The minimum atomic E-state index is -0.205. The number of thiazole rings is 1. The summed E-state index contributed by atoms with van der Waals surface area (Å²) in [5.41, 5.74) is 4.08. The van der Waals surface area contributed by atoms with Crippen LogP contribution in [0.25, 0.3) is 16.3 Å². The van der Waals surface area contributed by atoms with Gasteiger partial charge in [-0.15, -0.1) is 16.4 Å². The fraction of sp³-hybridized carbons (Fsp3) is 0.150. The van der Waals surface area contributed by atoms with Gasteiger partial charge in [0, 0.05) is 16.3 Å². The number of nitrogens with zero attached hydrogens (tertiary/aromatic N) is 5. The van der Waals surface area contributed by atoms with Gasteiger partial charge in [-0.25, -0.2) is 4.98 Å². The number of aryl methyl sites for hydroxylation is 3. The van der Waals surface area contributed by atoms with Crippen LogP contribution in [0.1, 0.15) is 26.8 Å². The molecule has 0 spiro atoms. The number of carbonyl (C=O) groups is 1. The van der Waals surface area contributed by atoms with E-state index in [1.807, 2.05) is 63.2 Å². The lowest BCUT2D eigenvalue weighted by Crippen LogP contribution is -2.12. The van der Waals surface area contributed by atoms with Crippen LogP contribution < -0.4 is 5.32 Å². The second kappa shape index (κ2) is 7.73. The van der Waals surface area contributed by atoms with Crippen molar-refractivity contribution in [2.75, 3.05) is 5.32 Å². The Kier molecular flexibility index (Phi) is 5.12. The van der Waals surface area contributed by atoms with E-state index in [4.69, 9.17) is 11.6 Å². The van der Waals surface area contributed by atoms with E-state index in [0.717, 1.165) is 21.8 Å². The van der Waals surface area contributed by atoms with E-state index in [9.17, 15) is 4.79 Å². The normalized spacial score (nSPS) is 10.9. The Bertz CT molecular complexity index is 1200. The third kappa shape index (κ3) is 3.90. The number of hydrogen-bond donors (Lipinski definition) is 1. The van der Waals surface area contributed by atoms with Crippen molar-refractivity contribution in [2.24, 2.45) is 0 Å². The molecule has 0 saturated carbocycles. The summed E-state index contributed by atoms with van der Waals surface area (Å²) < 4.78 is 1.64. The van der Waals surface area contributed by atoms with Crippen LogP contribution in [0.2, 0.25) is 5.02 Å². The third-order valence-electron chi connectivity index (χ3n) is 4.41. The van der Waals surface area contributed by atoms with E-state index >= 15 is 0 Å². The quantitative estimate of drug-likeness (QED) is 0.516. The zero-order valence-corrected chi connectivity index (χ0v) is 17.5. The maximum atomic E-state index is 12.9. The fourth-order valence-corrected chi connectivity index (χ4v) is 3.97. The summed E-state index contributed by atoms with van der Waals surface area (Å²) in [4.78, 5) is 18.0. The van der Waals surface area contributed by atoms with Gasteiger partial charge < -0.3 is 5.32 Å². The molecule has 2 heterocycles. The summed E-state index contributed by atoms with van der Waals surface area (Å²) in [6, 6.07) is 13.0. The molecule has 146 valence electrons. The smallest absolute Gasteiger partial charge is 0.267 e. The Balaban J connectivity index is 1.60. The zero-order valence-electron chi connectivity index (χ0n) is 16.0. The lowest BCUT2D eigenvalue weighted by molar-refractivity contribution is 0.103. The predicted octanol–water partition coefficient (Wildman–Crippen LogP) is 4.62. The second-order valence-electron chi connectivity index (χ2n) is 6.53. The van der Waals surface area contributed by atoms with Gasteiger partial charge in [0.2, 0.25) is 0 Å². The molecule has 1 amide bonds. The van der Waals surface area contributed by atoms with Gasteiger partial charge in [0.1, 0.15) is 9.88 Å². The predicted molar refractivity (Wildman–Crippen MR) is 114 cm³/mol. The van der Waals surface area contributed by atoms with E-state index in [1.165, 1.54) is 11.3 Å². The molecule has 0 bridgehead atoms. The van der Waals surface area contributed by atoms with Crippen molar-refractivity contribution >= 4 is 34.5 Å². The Hall–Kier alpha value is -3.10. The Morgan fingerprint density at radius 1 is 1.10 bits per heavy atom. The highest BCUT2D eigenvalue weighted by Crippen LogP contribution is 2.29. The molecule has 4 aromatic rings. The highest BCUT2D eigenvalue weighted by molar-refractivity contribution is 7.17. The van der Waals surface area contributed by atoms with Crippen molar-refractivity contribution in [3.8, 4) is 16.3 Å². The molecule has 0 aliphatic rings. The summed E-state index contributed by atoms with van der Waals surface area (Å²) in [5.74, 6) is 0.464. The molecule has 0 saturated heterocycles. The van der Waals surface area contributed by atoms with Gasteiger partial charge in [0.25, 0.3) is 5.91 Å². The van der Waals surface area contributed by atoms with Crippen molar-refractivity contribution in [1.29, 1.82) is 0 Å². The van der Waals surface area contributed by atoms with Gasteiger partial charge in [-0.1, -0.05) is 29.8 Å². The van der Waals surface area contributed by atoms with Crippen LogP contribution in [0.4, 0.5) is 5.69 Å². The van der Waals surface area contributed by atoms with Gasteiger partial charge in [0.05, 0.1) is 11.4 Å². The van der Waals surface area contributed by atoms with Gasteiger partial charge >= 0.3 is 0 Å². The molecule has 0 fully saturated rings. The Labute approximate surface area is 176 Å². The molecular weight excluding hydrogens is 408 g/mol. The number of anilines is 1. The largest absolute Gasteiger partial charge is 0.321 e. The van der Waals surface area contributed by atoms with Crippen molar-refractivity contribution in [3.05, 3.63) is 69.4 Å². The number of benzene rings is 2. The first-order valence-corrected chi connectivity index (χ1v) is 10.0. The monoisotopic (exact) mass is 424 g/mol. The number of rotatable bonds is 4. The number of amides is 1. The molecule has 4 rings (SSSR count). The highest BCUT2D eigenvalue weighted by Gasteiger charge is 2.17. The standard InChI is InChI=1S/C20H17ClN6OS/c1-11-4-9-16(10-17(11)27-13(3)24-25-26-27)23-19(28)18-12(2)22-20(29-18)14-5-7-15(21)8-6-14/h4-10H,1-3H3,(H,23,28). The summed E-state index contributed by atoms with van der Waals surface area (Å²) in [6.07, 6.45) is 0. The van der Waals surface area contributed by atoms with Crippen molar-refractivity contribution in [1.82, 2.24) is 25.2 Å². The van der Waals surface area contributed by atoms with Crippen LogP contribution in [0.3, 0.4) is 0 Å².